The Hall–Kier alpha value is -1.63. The third kappa shape index (κ3) is 9.01. The van der Waals surface area contributed by atoms with Gasteiger partial charge in [0, 0.05) is 31.5 Å². The molecule has 3 N–H and O–H groups in total. The van der Waals surface area contributed by atoms with Gasteiger partial charge in [0.25, 0.3) is 0 Å². The molecule has 21 heavy (non-hydrogen) atoms. The lowest BCUT2D eigenvalue weighted by atomic mass is 10.2. The van der Waals surface area contributed by atoms with E-state index in [1.165, 1.54) is 0 Å². The van der Waals surface area contributed by atoms with Crippen molar-refractivity contribution in [1.29, 1.82) is 0 Å². The van der Waals surface area contributed by atoms with Crippen LogP contribution in [-0.2, 0) is 19.0 Å². The number of hydrogen-bond acceptors (Lipinski definition) is 5. The average Bonchev–Trinajstić information content (AvgIpc) is 2.48. The van der Waals surface area contributed by atoms with Gasteiger partial charge in [-0.1, -0.05) is 0 Å². The number of hydrogen-bond donors (Lipinski definition) is 2. The lowest BCUT2D eigenvalue weighted by Crippen LogP contribution is -2.13. The van der Waals surface area contributed by atoms with E-state index < -0.39 is 0 Å². The molecule has 0 saturated carbocycles. The molecule has 0 atom stereocenters. The molecule has 1 rings (SSSR count). The van der Waals surface area contributed by atoms with Crippen molar-refractivity contribution in [3.63, 3.8) is 0 Å². The second-order valence-electron chi connectivity index (χ2n) is 4.49. The molecule has 0 aliphatic carbocycles. The lowest BCUT2D eigenvalue weighted by molar-refractivity contribution is -0.116. The van der Waals surface area contributed by atoms with E-state index in [1.54, 1.807) is 31.4 Å². The van der Waals surface area contributed by atoms with Gasteiger partial charge in [-0.25, -0.2) is 0 Å². The largest absolute Gasteiger partial charge is 0.399 e. The van der Waals surface area contributed by atoms with Crippen LogP contribution in [-0.4, -0.2) is 46.1 Å². The molecule has 0 bridgehead atoms. The van der Waals surface area contributed by atoms with Gasteiger partial charge >= 0.3 is 0 Å². The number of carbonyl (C=O) groups excluding carboxylic acids is 1. The third-order valence-corrected chi connectivity index (χ3v) is 2.69. The minimum absolute atomic E-state index is 0.0280. The Balaban J connectivity index is 1.97. The van der Waals surface area contributed by atoms with E-state index in [0.29, 0.717) is 51.6 Å². The first-order chi connectivity index (χ1) is 10.2. The number of rotatable bonds is 11. The highest BCUT2D eigenvalue weighted by Gasteiger charge is 2.02. The van der Waals surface area contributed by atoms with E-state index in [2.05, 4.69) is 5.32 Å². The fraction of sp³-hybridized carbons (Fsp3) is 0.533. The molecule has 0 heterocycles. The summed E-state index contributed by atoms with van der Waals surface area (Å²) in [4.78, 5) is 11.7. The Kier molecular flexibility index (Phi) is 9.19. The van der Waals surface area contributed by atoms with E-state index in [0.717, 1.165) is 5.69 Å². The molecule has 6 nitrogen and oxygen atoms in total. The normalized spacial score (nSPS) is 10.5. The first-order valence-corrected chi connectivity index (χ1v) is 7.02. The summed E-state index contributed by atoms with van der Waals surface area (Å²) in [5.41, 5.74) is 7.00. The van der Waals surface area contributed by atoms with Crippen molar-refractivity contribution in [3.8, 4) is 0 Å². The molecule has 0 spiro atoms. The average molecular weight is 296 g/mol. The van der Waals surface area contributed by atoms with Gasteiger partial charge in [-0.2, -0.15) is 0 Å². The molecule has 6 heteroatoms. The molecule has 0 fully saturated rings. The van der Waals surface area contributed by atoms with Crippen LogP contribution in [0.5, 0.6) is 0 Å². The van der Waals surface area contributed by atoms with Crippen LogP contribution >= 0.6 is 0 Å². The number of nitrogen functional groups attached to an aromatic ring is 1. The fourth-order valence-corrected chi connectivity index (χ4v) is 1.59. The van der Waals surface area contributed by atoms with Gasteiger partial charge in [0.1, 0.15) is 0 Å². The van der Waals surface area contributed by atoms with Gasteiger partial charge in [0.05, 0.1) is 26.4 Å². The number of amides is 1. The van der Waals surface area contributed by atoms with Crippen LogP contribution in [0.4, 0.5) is 11.4 Å². The maximum atomic E-state index is 11.7. The predicted octanol–water partition coefficient (Wildman–Crippen LogP) is 1.67. The maximum absolute atomic E-state index is 11.7. The van der Waals surface area contributed by atoms with Crippen molar-refractivity contribution in [1.82, 2.24) is 0 Å². The summed E-state index contributed by atoms with van der Waals surface area (Å²) in [6.07, 6.45) is 1.10. The zero-order valence-electron chi connectivity index (χ0n) is 12.5. The number of ether oxygens (including phenoxy) is 3. The molecule has 0 aromatic heterocycles. The van der Waals surface area contributed by atoms with Crippen LogP contribution in [0.15, 0.2) is 24.3 Å². The predicted molar refractivity (Wildman–Crippen MR) is 82.2 cm³/mol. The van der Waals surface area contributed by atoms with Crippen LogP contribution in [0.25, 0.3) is 0 Å². The zero-order valence-corrected chi connectivity index (χ0v) is 12.5. The molecule has 0 aliphatic heterocycles. The van der Waals surface area contributed by atoms with Crippen molar-refractivity contribution in [2.24, 2.45) is 0 Å². The van der Waals surface area contributed by atoms with Crippen LogP contribution < -0.4 is 11.1 Å². The third-order valence-electron chi connectivity index (χ3n) is 2.69. The standard InChI is InChI=1S/C15H24N2O4/c1-19-9-10-21-12-11-20-8-2-3-15(18)17-14-6-4-13(16)5-7-14/h4-7H,2-3,8-12,16H2,1H3,(H,17,18). The Bertz CT molecular complexity index is 395. The Morgan fingerprint density at radius 2 is 1.67 bits per heavy atom. The SMILES string of the molecule is COCCOCCOCCCC(=O)Nc1ccc(N)cc1. The molecular formula is C15H24N2O4. The van der Waals surface area contributed by atoms with Gasteiger partial charge in [0.2, 0.25) is 5.91 Å². The van der Waals surface area contributed by atoms with Crippen LogP contribution in [0.1, 0.15) is 12.8 Å². The number of benzene rings is 1. The monoisotopic (exact) mass is 296 g/mol. The van der Waals surface area contributed by atoms with E-state index in [1.807, 2.05) is 0 Å². The first-order valence-electron chi connectivity index (χ1n) is 7.02. The number of nitrogens with one attached hydrogen (secondary N) is 1. The van der Waals surface area contributed by atoms with E-state index in [4.69, 9.17) is 19.9 Å². The molecule has 118 valence electrons. The van der Waals surface area contributed by atoms with Crippen molar-refractivity contribution in [2.75, 3.05) is 51.2 Å². The molecule has 0 aliphatic rings. The number of carbonyl (C=O) groups is 1. The second-order valence-corrected chi connectivity index (χ2v) is 4.49. The van der Waals surface area contributed by atoms with Gasteiger partial charge < -0.3 is 25.3 Å². The zero-order chi connectivity index (χ0) is 15.3. The van der Waals surface area contributed by atoms with Crippen LogP contribution in [0.3, 0.4) is 0 Å². The molecule has 1 aromatic rings. The highest BCUT2D eigenvalue weighted by Crippen LogP contribution is 2.10. The summed E-state index contributed by atoms with van der Waals surface area (Å²) in [6, 6.07) is 7.06. The summed E-state index contributed by atoms with van der Waals surface area (Å²) < 4.78 is 15.5. The molecular weight excluding hydrogens is 272 g/mol. The lowest BCUT2D eigenvalue weighted by Gasteiger charge is -2.07. The van der Waals surface area contributed by atoms with Gasteiger partial charge in [-0.15, -0.1) is 0 Å². The summed E-state index contributed by atoms with van der Waals surface area (Å²) in [5.74, 6) is -0.0280. The van der Waals surface area contributed by atoms with Crippen molar-refractivity contribution in [2.45, 2.75) is 12.8 Å². The summed E-state index contributed by atoms with van der Waals surface area (Å²) in [6.45, 7) is 2.78. The van der Waals surface area contributed by atoms with E-state index in [-0.39, 0.29) is 5.91 Å². The number of anilines is 2. The van der Waals surface area contributed by atoms with Gasteiger partial charge in [-0.05, 0) is 30.7 Å². The highest BCUT2D eigenvalue weighted by molar-refractivity contribution is 5.90. The number of methoxy groups -OCH3 is 1. The quantitative estimate of drug-likeness (QED) is 0.479. The smallest absolute Gasteiger partial charge is 0.224 e. The van der Waals surface area contributed by atoms with Crippen LogP contribution in [0, 0.1) is 0 Å². The molecule has 0 unspecified atom stereocenters. The van der Waals surface area contributed by atoms with Crippen molar-refractivity contribution < 1.29 is 19.0 Å². The van der Waals surface area contributed by atoms with E-state index >= 15 is 0 Å². The molecule has 0 radical (unpaired) electrons. The molecule has 1 amide bonds. The Labute approximate surface area is 125 Å². The Morgan fingerprint density at radius 3 is 2.33 bits per heavy atom. The summed E-state index contributed by atoms with van der Waals surface area (Å²) in [5, 5.41) is 2.81. The van der Waals surface area contributed by atoms with Gasteiger partial charge in [0.15, 0.2) is 0 Å². The summed E-state index contributed by atoms with van der Waals surface area (Å²) in [7, 11) is 1.63. The van der Waals surface area contributed by atoms with Crippen molar-refractivity contribution >= 4 is 17.3 Å². The Morgan fingerprint density at radius 1 is 1.05 bits per heavy atom. The molecule has 0 saturated heterocycles. The second kappa shape index (κ2) is 11.1. The van der Waals surface area contributed by atoms with Crippen LogP contribution in [0.2, 0.25) is 0 Å². The van der Waals surface area contributed by atoms with Gasteiger partial charge in [-0.3, -0.25) is 4.79 Å². The minimum Gasteiger partial charge on any atom is -0.399 e. The fourth-order valence-electron chi connectivity index (χ4n) is 1.59. The van der Waals surface area contributed by atoms with Crippen molar-refractivity contribution in [3.05, 3.63) is 24.3 Å². The first kappa shape index (κ1) is 17.4. The topological polar surface area (TPSA) is 82.8 Å². The minimum atomic E-state index is -0.0280. The number of nitrogens with two attached hydrogens (primary N) is 1. The van der Waals surface area contributed by atoms with E-state index in [9.17, 15) is 4.79 Å². The maximum Gasteiger partial charge on any atom is 0.224 e. The summed E-state index contributed by atoms with van der Waals surface area (Å²) >= 11 is 0. The highest BCUT2D eigenvalue weighted by atomic mass is 16.5. The molecule has 1 aromatic carbocycles.